The Kier molecular flexibility index (Phi) is 3.13. The minimum Gasteiger partial charge on any atom is -0.337 e. The van der Waals surface area contributed by atoms with E-state index in [0.29, 0.717) is 21.6 Å². The molecule has 0 unspecified atom stereocenters. The third-order valence-corrected chi connectivity index (χ3v) is 4.28. The predicted octanol–water partition coefficient (Wildman–Crippen LogP) is 4.93. The number of para-hydroxylation sites is 2. The second-order valence-corrected chi connectivity index (χ2v) is 5.61. The molecule has 1 N–H and O–H groups in total. The van der Waals surface area contributed by atoms with Gasteiger partial charge in [-0.2, -0.15) is 0 Å². The van der Waals surface area contributed by atoms with Gasteiger partial charge in [-0.15, -0.1) is 0 Å². The van der Waals surface area contributed by atoms with Crippen LogP contribution in [0.5, 0.6) is 0 Å². The van der Waals surface area contributed by atoms with Crippen LogP contribution in [0.2, 0.25) is 10.0 Å². The van der Waals surface area contributed by atoms with Crippen LogP contribution >= 0.6 is 23.2 Å². The van der Waals surface area contributed by atoms with Crippen molar-refractivity contribution < 1.29 is 0 Å². The molecule has 0 fully saturated rings. The van der Waals surface area contributed by atoms with E-state index in [4.69, 9.17) is 23.2 Å². The molecule has 0 aliphatic carbocycles. The summed E-state index contributed by atoms with van der Waals surface area (Å²) in [6, 6.07) is 13.3. The van der Waals surface area contributed by atoms with E-state index >= 15 is 0 Å². The first kappa shape index (κ1) is 13.4. The molecule has 2 aromatic heterocycles. The fourth-order valence-corrected chi connectivity index (χ4v) is 2.77. The van der Waals surface area contributed by atoms with Crippen LogP contribution in [0.15, 0.2) is 55.0 Å². The van der Waals surface area contributed by atoms with Gasteiger partial charge in [0.1, 0.15) is 5.52 Å². The Labute approximate surface area is 136 Å². The van der Waals surface area contributed by atoms with Crippen LogP contribution in [0.4, 0.5) is 11.5 Å². The molecule has 4 nitrogen and oxygen atoms in total. The van der Waals surface area contributed by atoms with Crippen molar-refractivity contribution in [3.05, 3.63) is 65.0 Å². The largest absolute Gasteiger partial charge is 0.337 e. The summed E-state index contributed by atoms with van der Waals surface area (Å²) in [7, 11) is 0. The molecule has 22 heavy (non-hydrogen) atoms. The summed E-state index contributed by atoms with van der Waals surface area (Å²) in [5, 5.41) is 4.21. The summed E-state index contributed by atoms with van der Waals surface area (Å²) in [6.45, 7) is 0. The van der Waals surface area contributed by atoms with Crippen molar-refractivity contribution in [2.24, 2.45) is 0 Å². The molecule has 0 atom stereocenters. The first-order valence-electron chi connectivity index (χ1n) is 6.66. The summed E-state index contributed by atoms with van der Waals surface area (Å²) in [6.07, 6.45) is 3.53. The number of benzene rings is 2. The smallest absolute Gasteiger partial charge is 0.157 e. The fraction of sp³-hybridized carbons (Fsp3) is 0. The van der Waals surface area contributed by atoms with E-state index in [0.717, 1.165) is 16.6 Å². The van der Waals surface area contributed by atoms with Crippen LogP contribution in [0, 0.1) is 0 Å². The molecule has 108 valence electrons. The van der Waals surface area contributed by atoms with Crippen molar-refractivity contribution in [2.75, 3.05) is 5.32 Å². The molecule has 0 aliphatic heterocycles. The number of halogens is 2. The van der Waals surface area contributed by atoms with Gasteiger partial charge in [0.05, 0.1) is 39.3 Å². The SMILES string of the molecule is Clc1cccc(Nc2nc3ccccc3n3cncc23)c1Cl. The van der Waals surface area contributed by atoms with Crippen molar-refractivity contribution in [3.8, 4) is 0 Å². The Morgan fingerprint density at radius 2 is 1.82 bits per heavy atom. The first-order chi connectivity index (χ1) is 10.7. The molecule has 2 heterocycles. The molecule has 0 amide bonds. The lowest BCUT2D eigenvalue weighted by Crippen LogP contribution is -1.99. The summed E-state index contributed by atoms with van der Waals surface area (Å²) < 4.78 is 1.99. The summed E-state index contributed by atoms with van der Waals surface area (Å²) in [4.78, 5) is 8.89. The number of aromatic nitrogens is 3. The summed E-state index contributed by atoms with van der Waals surface area (Å²) in [5.74, 6) is 0.681. The van der Waals surface area contributed by atoms with Crippen LogP contribution in [0.1, 0.15) is 0 Å². The average Bonchev–Trinajstić information content (AvgIpc) is 3.02. The van der Waals surface area contributed by atoms with Crippen molar-refractivity contribution in [1.82, 2.24) is 14.4 Å². The highest BCUT2D eigenvalue weighted by atomic mass is 35.5. The van der Waals surface area contributed by atoms with Gasteiger partial charge in [0.25, 0.3) is 0 Å². The number of imidazole rings is 1. The lowest BCUT2D eigenvalue weighted by molar-refractivity contribution is 1.19. The van der Waals surface area contributed by atoms with E-state index in [2.05, 4.69) is 15.3 Å². The lowest BCUT2D eigenvalue weighted by Gasteiger charge is -2.11. The summed E-state index contributed by atoms with van der Waals surface area (Å²) >= 11 is 12.3. The van der Waals surface area contributed by atoms with E-state index in [1.54, 1.807) is 18.6 Å². The van der Waals surface area contributed by atoms with E-state index in [1.165, 1.54) is 0 Å². The zero-order valence-corrected chi connectivity index (χ0v) is 12.8. The van der Waals surface area contributed by atoms with E-state index in [-0.39, 0.29) is 0 Å². The Hall–Kier alpha value is -2.30. The fourth-order valence-electron chi connectivity index (χ4n) is 2.42. The minimum absolute atomic E-state index is 0.469. The van der Waals surface area contributed by atoms with Gasteiger partial charge in [-0.05, 0) is 24.3 Å². The second kappa shape index (κ2) is 5.16. The van der Waals surface area contributed by atoms with Gasteiger partial charge in [0, 0.05) is 0 Å². The molecule has 0 spiro atoms. The predicted molar refractivity (Wildman–Crippen MR) is 90.2 cm³/mol. The number of nitrogens with one attached hydrogen (secondary N) is 1. The highest BCUT2D eigenvalue weighted by molar-refractivity contribution is 6.43. The van der Waals surface area contributed by atoms with Crippen molar-refractivity contribution in [2.45, 2.75) is 0 Å². The van der Waals surface area contributed by atoms with E-state index < -0.39 is 0 Å². The monoisotopic (exact) mass is 328 g/mol. The maximum absolute atomic E-state index is 6.24. The Morgan fingerprint density at radius 1 is 0.955 bits per heavy atom. The maximum atomic E-state index is 6.24. The molecule has 2 aromatic carbocycles. The Morgan fingerprint density at radius 3 is 2.73 bits per heavy atom. The van der Waals surface area contributed by atoms with Crippen LogP contribution in [-0.4, -0.2) is 14.4 Å². The van der Waals surface area contributed by atoms with Gasteiger partial charge in [0.2, 0.25) is 0 Å². The number of fused-ring (bicyclic) bond motifs is 3. The topological polar surface area (TPSA) is 42.2 Å². The van der Waals surface area contributed by atoms with Gasteiger partial charge in [-0.25, -0.2) is 9.97 Å². The van der Waals surface area contributed by atoms with Crippen LogP contribution < -0.4 is 5.32 Å². The third kappa shape index (κ3) is 2.08. The van der Waals surface area contributed by atoms with Gasteiger partial charge >= 0.3 is 0 Å². The Bertz CT molecular complexity index is 994. The van der Waals surface area contributed by atoms with Crippen LogP contribution in [0.3, 0.4) is 0 Å². The normalized spacial score (nSPS) is 11.2. The molecule has 0 saturated carbocycles. The minimum atomic E-state index is 0.469. The van der Waals surface area contributed by atoms with Gasteiger partial charge in [-0.1, -0.05) is 41.4 Å². The molecule has 0 aliphatic rings. The van der Waals surface area contributed by atoms with Crippen molar-refractivity contribution in [1.29, 1.82) is 0 Å². The molecule has 6 heteroatoms. The lowest BCUT2D eigenvalue weighted by atomic mass is 10.3. The number of hydrogen-bond acceptors (Lipinski definition) is 3. The van der Waals surface area contributed by atoms with E-state index in [9.17, 15) is 0 Å². The third-order valence-electron chi connectivity index (χ3n) is 3.46. The second-order valence-electron chi connectivity index (χ2n) is 4.82. The standard InChI is InChI=1S/C16H10Cl2N4/c17-10-4-3-6-12(15(10)18)21-16-14-8-19-9-22(14)13-7-2-1-5-11(13)20-16/h1-9H,(H,20,21). The average molecular weight is 329 g/mol. The van der Waals surface area contributed by atoms with Gasteiger partial charge in [-0.3, -0.25) is 4.40 Å². The van der Waals surface area contributed by atoms with Crippen molar-refractivity contribution in [3.63, 3.8) is 0 Å². The highest BCUT2D eigenvalue weighted by Gasteiger charge is 2.11. The zero-order valence-electron chi connectivity index (χ0n) is 11.3. The number of nitrogens with zero attached hydrogens (tertiary/aromatic N) is 3. The van der Waals surface area contributed by atoms with E-state index in [1.807, 2.05) is 40.8 Å². The molecule has 0 bridgehead atoms. The Balaban J connectivity index is 1.93. The van der Waals surface area contributed by atoms with Gasteiger partial charge < -0.3 is 5.32 Å². The summed E-state index contributed by atoms with van der Waals surface area (Å²) in [5.41, 5.74) is 3.45. The quantitative estimate of drug-likeness (QED) is 0.567. The molecule has 4 rings (SSSR count). The molecule has 0 saturated heterocycles. The highest BCUT2D eigenvalue weighted by Crippen LogP contribution is 2.33. The molecule has 4 aromatic rings. The van der Waals surface area contributed by atoms with Gasteiger partial charge in [0.15, 0.2) is 5.82 Å². The molecular weight excluding hydrogens is 319 g/mol. The number of anilines is 2. The number of hydrogen-bond donors (Lipinski definition) is 1. The maximum Gasteiger partial charge on any atom is 0.157 e. The first-order valence-corrected chi connectivity index (χ1v) is 7.41. The van der Waals surface area contributed by atoms with Crippen LogP contribution in [0.25, 0.3) is 16.6 Å². The molecule has 0 radical (unpaired) electrons. The van der Waals surface area contributed by atoms with Crippen molar-refractivity contribution >= 4 is 51.3 Å². The molecular formula is C16H10Cl2N4. The zero-order chi connectivity index (χ0) is 15.1. The van der Waals surface area contributed by atoms with Crippen LogP contribution in [-0.2, 0) is 0 Å². The number of rotatable bonds is 2.